The van der Waals surface area contributed by atoms with Crippen LogP contribution in [0.2, 0.25) is 5.02 Å². The van der Waals surface area contributed by atoms with E-state index < -0.39 is 39.8 Å². The number of aliphatic hydroxyl groups is 1. The molecule has 0 radical (unpaired) electrons. The van der Waals surface area contributed by atoms with Crippen molar-refractivity contribution in [2.45, 2.75) is 31.3 Å². The molecule has 0 aliphatic carbocycles. The number of amides is 1. The number of hydrogen-bond acceptors (Lipinski definition) is 5. The lowest BCUT2D eigenvalue weighted by molar-refractivity contribution is -0.137. The van der Waals surface area contributed by atoms with Gasteiger partial charge in [0.1, 0.15) is 0 Å². The van der Waals surface area contributed by atoms with E-state index in [1.807, 2.05) is 30.3 Å². The molecule has 12 heteroatoms. The van der Waals surface area contributed by atoms with Gasteiger partial charge in [0, 0.05) is 18.7 Å². The monoisotopic (exact) mass is 645 g/mol. The van der Waals surface area contributed by atoms with Gasteiger partial charge in [-0.2, -0.15) is 13.2 Å². The molecule has 0 saturated heterocycles. The third kappa shape index (κ3) is 8.82. The van der Waals surface area contributed by atoms with Crippen LogP contribution < -0.4 is 14.9 Å². The molecule has 3 N–H and O–H groups in total. The number of alkyl halides is 3. The van der Waals surface area contributed by atoms with Gasteiger partial charge in [-0.25, -0.2) is 12.7 Å². The van der Waals surface area contributed by atoms with Crippen LogP contribution in [0.3, 0.4) is 0 Å². The molecule has 0 saturated carbocycles. The molecule has 0 aliphatic rings. The van der Waals surface area contributed by atoms with E-state index in [2.05, 4.69) is 10.6 Å². The molecular formula is C32H31ClF3N3O4S. The Bertz CT molecular complexity index is 1670. The number of halogens is 4. The van der Waals surface area contributed by atoms with Crippen molar-refractivity contribution in [3.05, 3.63) is 130 Å². The Labute approximate surface area is 259 Å². The number of rotatable bonds is 12. The number of nitrogens with zero attached hydrogens (tertiary/aromatic N) is 1. The first kappa shape index (κ1) is 33.0. The molecular weight excluding hydrogens is 615 g/mol. The summed E-state index contributed by atoms with van der Waals surface area (Å²) in [6, 6.07) is 25.8. The van der Waals surface area contributed by atoms with E-state index in [0.29, 0.717) is 11.3 Å². The number of carbonyl (C=O) groups excluding carboxylic acids is 1. The third-order valence-corrected chi connectivity index (χ3v) is 8.16. The number of sulfonamides is 1. The maximum atomic E-state index is 13.5. The number of aliphatic hydroxyl groups excluding tert-OH is 1. The topological polar surface area (TPSA) is 98.7 Å². The molecule has 0 heterocycles. The van der Waals surface area contributed by atoms with E-state index in [4.69, 9.17) is 11.6 Å². The molecule has 44 heavy (non-hydrogen) atoms. The summed E-state index contributed by atoms with van der Waals surface area (Å²) in [5.41, 5.74) is 0.971. The second-order valence-electron chi connectivity index (χ2n) is 10.2. The van der Waals surface area contributed by atoms with Crippen LogP contribution in [0.25, 0.3) is 0 Å². The zero-order valence-electron chi connectivity index (χ0n) is 23.6. The van der Waals surface area contributed by atoms with Crippen LogP contribution in [0.5, 0.6) is 0 Å². The summed E-state index contributed by atoms with van der Waals surface area (Å²) in [6.45, 7) is 0.0318. The number of carbonyl (C=O) groups is 1. The molecule has 7 nitrogen and oxygen atoms in total. The zero-order valence-corrected chi connectivity index (χ0v) is 25.2. The highest BCUT2D eigenvalue weighted by Gasteiger charge is 2.30. The van der Waals surface area contributed by atoms with Gasteiger partial charge in [-0.15, -0.1) is 0 Å². The Morgan fingerprint density at radius 2 is 1.55 bits per heavy atom. The summed E-state index contributed by atoms with van der Waals surface area (Å²) in [4.78, 5) is 13.5. The van der Waals surface area contributed by atoms with Gasteiger partial charge in [0.05, 0.1) is 40.4 Å². The predicted octanol–water partition coefficient (Wildman–Crippen LogP) is 5.95. The highest BCUT2D eigenvalue weighted by atomic mass is 35.5. The minimum Gasteiger partial charge on any atom is -0.390 e. The van der Waals surface area contributed by atoms with E-state index in [9.17, 15) is 31.5 Å². The summed E-state index contributed by atoms with van der Waals surface area (Å²) in [7, 11) is -3.85. The van der Waals surface area contributed by atoms with E-state index >= 15 is 0 Å². The fourth-order valence-corrected chi connectivity index (χ4v) is 5.91. The number of anilines is 2. The Morgan fingerprint density at radius 1 is 0.909 bits per heavy atom. The van der Waals surface area contributed by atoms with Crippen molar-refractivity contribution in [3.8, 4) is 0 Å². The van der Waals surface area contributed by atoms with Crippen LogP contribution in [0.4, 0.5) is 24.5 Å². The van der Waals surface area contributed by atoms with E-state index in [1.165, 1.54) is 24.3 Å². The van der Waals surface area contributed by atoms with Gasteiger partial charge in [0.2, 0.25) is 10.0 Å². The number of benzene rings is 4. The summed E-state index contributed by atoms with van der Waals surface area (Å²) < 4.78 is 65.9. The first-order chi connectivity index (χ1) is 20.8. The fraction of sp³-hybridized carbons (Fsp3) is 0.219. The van der Waals surface area contributed by atoms with Crippen molar-refractivity contribution in [1.29, 1.82) is 0 Å². The molecule has 2 atom stereocenters. The number of para-hydroxylation sites is 1. The van der Waals surface area contributed by atoms with Crippen molar-refractivity contribution in [1.82, 2.24) is 10.6 Å². The van der Waals surface area contributed by atoms with Crippen LogP contribution in [0.1, 0.15) is 27.0 Å². The first-order valence-electron chi connectivity index (χ1n) is 13.6. The highest BCUT2D eigenvalue weighted by molar-refractivity contribution is 7.92. The van der Waals surface area contributed by atoms with Crippen LogP contribution in [0, 0.1) is 0 Å². The lowest BCUT2D eigenvalue weighted by Crippen LogP contribution is -2.48. The molecule has 4 rings (SSSR count). The van der Waals surface area contributed by atoms with Crippen molar-refractivity contribution < 1.29 is 31.5 Å². The quantitative estimate of drug-likeness (QED) is 0.177. The molecule has 4 aromatic carbocycles. The van der Waals surface area contributed by atoms with Crippen LogP contribution in [-0.4, -0.2) is 44.4 Å². The lowest BCUT2D eigenvalue weighted by Gasteiger charge is -2.26. The highest BCUT2D eigenvalue weighted by Crippen LogP contribution is 2.35. The number of hydrogen-bond donors (Lipinski definition) is 3. The van der Waals surface area contributed by atoms with Crippen molar-refractivity contribution in [2.24, 2.45) is 0 Å². The molecule has 0 fully saturated rings. The molecule has 4 aromatic rings. The van der Waals surface area contributed by atoms with Crippen LogP contribution in [-0.2, 0) is 29.2 Å². The van der Waals surface area contributed by atoms with Crippen molar-refractivity contribution in [3.63, 3.8) is 0 Å². The Morgan fingerprint density at radius 3 is 2.18 bits per heavy atom. The Hall–Kier alpha value is -3.90. The van der Waals surface area contributed by atoms with Crippen LogP contribution >= 0.6 is 11.6 Å². The minimum atomic E-state index is -4.47. The molecule has 0 unspecified atom stereocenters. The van der Waals surface area contributed by atoms with Crippen molar-refractivity contribution >= 4 is 38.9 Å². The maximum Gasteiger partial charge on any atom is 0.416 e. The van der Waals surface area contributed by atoms with Gasteiger partial charge >= 0.3 is 6.18 Å². The average molecular weight is 646 g/mol. The van der Waals surface area contributed by atoms with E-state index in [-0.39, 0.29) is 35.8 Å². The number of nitrogens with one attached hydrogen (secondary N) is 2. The largest absolute Gasteiger partial charge is 0.416 e. The van der Waals surface area contributed by atoms with E-state index in [1.54, 1.807) is 36.4 Å². The summed E-state index contributed by atoms with van der Waals surface area (Å²) in [5.74, 6) is -0.581. The van der Waals surface area contributed by atoms with Gasteiger partial charge in [-0.05, 0) is 53.9 Å². The Balaban J connectivity index is 1.54. The first-order valence-corrected chi connectivity index (χ1v) is 15.8. The van der Waals surface area contributed by atoms with Crippen molar-refractivity contribution in [2.75, 3.05) is 17.1 Å². The van der Waals surface area contributed by atoms with Gasteiger partial charge in [0.25, 0.3) is 5.91 Å². The van der Waals surface area contributed by atoms with Gasteiger partial charge < -0.3 is 15.7 Å². The molecule has 232 valence electrons. The standard InChI is InChI=1S/C32H31ClF3N3O4S/c1-44(42,43)39(26-13-6-3-7-14-26)29-19-24(15-16-27(29)33)31(41)38-28(18-22-9-4-2-5-10-22)30(40)21-37-20-23-11-8-12-25(17-23)32(34,35)36/h2-17,19,28,30,37,40H,18,20-21H2,1H3,(H,38,41)/t28-,30+/m0/s1. The predicted molar refractivity (Wildman–Crippen MR) is 165 cm³/mol. The third-order valence-electron chi connectivity index (χ3n) is 6.77. The molecule has 0 aliphatic heterocycles. The van der Waals surface area contributed by atoms with Crippen LogP contribution in [0.15, 0.2) is 103 Å². The second kappa shape index (κ2) is 14.3. The minimum absolute atomic E-state index is 0.0320. The summed E-state index contributed by atoms with van der Waals surface area (Å²) in [5, 5.41) is 17.0. The van der Waals surface area contributed by atoms with E-state index in [0.717, 1.165) is 28.3 Å². The molecule has 0 aromatic heterocycles. The maximum absolute atomic E-state index is 13.5. The summed E-state index contributed by atoms with van der Waals surface area (Å²) >= 11 is 6.41. The Kier molecular flexibility index (Phi) is 10.7. The smallest absolute Gasteiger partial charge is 0.390 e. The summed E-state index contributed by atoms with van der Waals surface area (Å²) in [6.07, 6.45) is -4.32. The zero-order chi connectivity index (χ0) is 31.9. The average Bonchev–Trinajstić information content (AvgIpc) is 2.98. The molecule has 1 amide bonds. The molecule has 0 spiro atoms. The normalized spacial score (nSPS) is 13.2. The molecule has 0 bridgehead atoms. The lowest BCUT2D eigenvalue weighted by atomic mass is 10.00. The second-order valence-corrected chi connectivity index (χ2v) is 12.4. The SMILES string of the molecule is CS(=O)(=O)N(c1ccccc1)c1cc(C(=O)N[C@@H](Cc2ccccc2)[C@H](O)CNCc2cccc(C(F)(F)F)c2)ccc1Cl. The van der Waals surface area contributed by atoms with Gasteiger partial charge in [0.15, 0.2) is 0 Å². The van der Waals surface area contributed by atoms with Gasteiger partial charge in [-0.3, -0.25) is 4.79 Å². The van der Waals surface area contributed by atoms with Gasteiger partial charge in [-0.1, -0.05) is 78.3 Å². The fourth-order valence-electron chi connectivity index (χ4n) is 4.65.